The third-order valence-corrected chi connectivity index (χ3v) is 2.62. The molecule has 5 nitrogen and oxygen atoms in total. The Kier molecular flexibility index (Phi) is 4.39. The summed E-state index contributed by atoms with van der Waals surface area (Å²) in [6.07, 6.45) is 0.234. The van der Waals surface area contributed by atoms with Crippen LogP contribution in [-0.4, -0.2) is 43.7 Å². The van der Waals surface area contributed by atoms with Crippen molar-refractivity contribution in [3.05, 3.63) is 0 Å². The average molecular weight is 251 g/mol. The second kappa shape index (κ2) is 5.39. The molecule has 2 atom stereocenters. The number of alkyl halides is 2. The normalized spacial score (nSPS) is 24.5. The predicted octanol–water partition coefficient (Wildman–Crippen LogP) is 0.478. The predicted molar refractivity (Wildman–Crippen MR) is 53.5 cm³/mol. The lowest BCUT2D eigenvalue weighted by atomic mass is 10.1. The highest BCUT2D eigenvalue weighted by Gasteiger charge is 2.52. The van der Waals surface area contributed by atoms with Crippen LogP contribution < -0.4 is 5.32 Å². The topological polar surface area (TPSA) is 64.6 Å². The number of esters is 2. The number of ether oxygens (including phenoxy) is 2. The Morgan fingerprint density at radius 1 is 1.41 bits per heavy atom. The highest BCUT2D eigenvalue weighted by molar-refractivity contribution is 5.80. The molecule has 1 heterocycles. The molecule has 0 amide bonds. The molecule has 1 fully saturated rings. The van der Waals surface area contributed by atoms with Crippen LogP contribution >= 0.6 is 0 Å². The van der Waals surface area contributed by atoms with Gasteiger partial charge in [0.1, 0.15) is 6.04 Å². The monoisotopic (exact) mass is 251 g/mol. The van der Waals surface area contributed by atoms with Crippen molar-refractivity contribution in [3.8, 4) is 0 Å². The summed E-state index contributed by atoms with van der Waals surface area (Å²) in [5.41, 5.74) is 0. The lowest BCUT2D eigenvalue weighted by Crippen LogP contribution is -2.50. The second-order valence-electron chi connectivity index (χ2n) is 3.72. The van der Waals surface area contributed by atoms with Gasteiger partial charge in [0.25, 0.3) is 0 Å². The van der Waals surface area contributed by atoms with E-state index in [4.69, 9.17) is 0 Å². The summed E-state index contributed by atoms with van der Waals surface area (Å²) in [5.74, 6) is -5.80. The molecule has 0 aromatic rings. The minimum Gasteiger partial charge on any atom is -0.468 e. The minimum atomic E-state index is -3.63. The van der Waals surface area contributed by atoms with E-state index in [2.05, 4.69) is 14.8 Å². The molecule has 1 aliphatic rings. The van der Waals surface area contributed by atoms with Gasteiger partial charge >= 0.3 is 17.9 Å². The fraction of sp³-hybridized carbons (Fsp3) is 0.800. The van der Waals surface area contributed by atoms with Gasteiger partial charge in [0, 0.05) is 0 Å². The van der Waals surface area contributed by atoms with E-state index >= 15 is 0 Å². The summed E-state index contributed by atoms with van der Waals surface area (Å²) < 4.78 is 35.9. The molecule has 1 N–H and O–H groups in total. The number of hydrogen-bond acceptors (Lipinski definition) is 5. The van der Waals surface area contributed by atoms with E-state index in [1.807, 2.05) is 0 Å². The zero-order valence-corrected chi connectivity index (χ0v) is 9.66. The molecule has 1 aliphatic heterocycles. The van der Waals surface area contributed by atoms with Gasteiger partial charge in [0.2, 0.25) is 0 Å². The smallest absolute Gasteiger partial charge is 0.378 e. The molecular formula is C10H15F2NO4. The first-order valence-electron chi connectivity index (χ1n) is 5.32. The summed E-state index contributed by atoms with van der Waals surface area (Å²) in [4.78, 5) is 22.2. The van der Waals surface area contributed by atoms with Crippen LogP contribution in [0.2, 0.25) is 0 Å². The van der Waals surface area contributed by atoms with E-state index < -0.39 is 29.9 Å². The SMILES string of the molecule is CCOC(=O)C(F)(F)C1CC[C@@H](C(=O)OC)N1. The van der Waals surface area contributed by atoms with Gasteiger partial charge in [-0.15, -0.1) is 0 Å². The van der Waals surface area contributed by atoms with Crippen LogP contribution in [0.4, 0.5) is 8.78 Å². The van der Waals surface area contributed by atoms with Crippen LogP contribution in [0.1, 0.15) is 19.8 Å². The second-order valence-corrected chi connectivity index (χ2v) is 3.72. The van der Waals surface area contributed by atoms with Crippen molar-refractivity contribution in [2.24, 2.45) is 0 Å². The number of rotatable bonds is 4. The van der Waals surface area contributed by atoms with E-state index in [0.717, 1.165) is 0 Å². The van der Waals surface area contributed by atoms with Crippen molar-refractivity contribution < 1.29 is 27.8 Å². The molecule has 1 rings (SSSR count). The number of hydrogen-bond donors (Lipinski definition) is 1. The van der Waals surface area contributed by atoms with Gasteiger partial charge in [-0.1, -0.05) is 0 Å². The lowest BCUT2D eigenvalue weighted by molar-refractivity contribution is -0.175. The number of methoxy groups -OCH3 is 1. The minimum absolute atomic E-state index is 0.0194. The molecule has 1 saturated heterocycles. The van der Waals surface area contributed by atoms with Crippen molar-refractivity contribution in [1.82, 2.24) is 5.32 Å². The highest BCUT2D eigenvalue weighted by atomic mass is 19.3. The number of carbonyl (C=O) groups excluding carboxylic acids is 2. The van der Waals surface area contributed by atoms with Gasteiger partial charge in [0.05, 0.1) is 19.8 Å². The summed E-state index contributed by atoms with van der Waals surface area (Å²) in [6.45, 7) is 1.34. The van der Waals surface area contributed by atoms with E-state index in [9.17, 15) is 18.4 Å². The maximum absolute atomic E-state index is 13.6. The molecule has 0 radical (unpaired) electrons. The van der Waals surface area contributed by atoms with Gasteiger partial charge in [-0.25, -0.2) is 4.79 Å². The Labute approximate surface area is 97.4 Å². The molecule has 1 unspecified atom stereocenters. The molecule has 0 bridgehead atoms. The fourth-order valence-corrected chi connectivity index (χ4v) is 1.73. The largest absolute Gasteiger partial charge is 0.468 e. The van der Waals surface area contributed by atoms with E-state index in [-0.39, 0.29) is 19.4 Å². The summed E-state index contributed by atoms with van der Waals surface area (Å²) in [6, 6.07) is -2.17. The van der Waals surface area contributed by atoms with Crippen molar-refractivity contribution in [3.63, 3.8) is 0 Å². The highest BCUT2D eigenvalue weighted by Crippen LogP contribution is 2.29. The van der Waals surface area contributed by atoms with Crippen molar-refractivity contribution in [2.45, 2.75) is 37.8 Å². The number of carbonyl (C=O) groups is 2. The maximum Gasteiger partial charge on any atom is 0.378 e. The fourth-order valence-electron chi connectivity index (χ4n) is 1.73. The number of nitrogens with one attached hydrogen (secondary N) is 1. The van der Waals surface area contributed by atoms with Gasteiger partial charge < -0.3 is 9.47 Å². The molecular weight excluding hydrogens is 236 g/mol. The number of halogens is 2. The van der Waals surface area contributed by atoms with Crippen molar-refractivity contribution in [2.75, 3.05) is 13.7 Å². The third-order valence-electron chi connectivity index (χ3n) is 2.62. The first-order valence-corrected chi connectivity index (χ1v) is 5.32. The summed E-state index contributed by atoms with van der Waals surface area (Å²) in [5, 5.41) is 2.40. The van der Waals surface area contributed by atoms with Crippen molar-refractivity contribution >= 4 is 11.9 Å². The van der Waals surface area contributed by atoms with Gasteiger partial charge in [0.15, 0.2) is 0 Å². The Bertz CT molecular complexity index is 309. The molecule has 17 heavy (non-hydrogen) atoms. The molecule has 0 aromatic carbocycles. The molecule has 0 saturated carbocycles. The van der Waals surface area contributed by atoms with Crippen LogP contribution in [0, 0.1) is 0 Å². The van der Waals surface area contributed by atoms with Crippen LogP contribution in [0.5, 0.6) is 0 Å². The third kappa shape index (κ3) is 2.91. The molecule has 98 valence electrons. The molecule has 0 spiro atoms. The van der Waals surface area contributed by atoms with Gasteiger partial charge in [-0.3, -0.25) is 10.1 Å². The maximum atomic E-state index is 13.6. The summed E-state index contributed by atoms with van der Waals surface area (Å²) in [7, 11) is 1.18. The Hall–Kier alpha value is -1.24. The molecule has 0 aliphatic carbocycles. The average Bonchev–Trinajstić information content (AvgIpc) is 2.78. The van der Waals surface area contributed by atoms with Crippen LogP contribution in [-0.2, 0) is 19.1 Å². The van der Waals surface area contributed by atoms with Crippen LogP contribution in [0.3, 0.4) is 0 Å². The van der Waals surface area contributed by atoms with E-state index in [1.54, 1.807) is 0 Å². The van der Waals surface area contributed by atoms with Crippen LogP contribution in [0.25, 0.3) is 0 Å². The van der Waals surface area contributed by atoms with Crippen molar-refractivity contribution in [1.29, 1.82) is 0 Å². The Morgan fingerprint density at radius 3 is 2.59 bits per heavy atom. The van der Waals surface area contributed by atoms with E-state index in [0.29, 0.717) is 0 Å². The Balaban J connectivity index is 2.63. The standard InChI is InChI=1S/C10H15F2NO4/c1-3-17-9(15)10(11,12)7-5-4-6(13-7)8(14)16-2/h6-7,13H,3-5H2,1-2H3/t6-,7?/m0/s1. The first kappa shape index (κ1) is 13.8. The van der Waals surface area contributed by atoms with Gasteiger partial charge in [-0.05, 0) is 19.8 Å². The Morgan fingerprint density at radius 2 is 2.06 bits per heavy atom. The zero-order chi connectivity index (χ0) is 13.1. The molecule has 0 aromatic heterocycles. The van der Waals surface area contributed by atoms with E-state index in [1.165, 1.54) is 14.0 Å². The summed E-state index contributed by atoms with van der Waals surface area (Å²) >= 11 is 0. The lowest BCUT2D eigenvalue weighted by Gasteiger charge is -2.21. The van der Waals surface area contributed by atoms with Gasteiger partial charge in [-0.2, -0.15) is 8.78 Å². The quantitative estimate of drug-likeness (QED) is 0.736. The first-order chi connectivity index (χ1) is 7.93. The molecule has 7 heteroatoms. The zero-order valence-electron chi connectivity index (χ0n) is 9.66. The van der Waals surface area contributed by atoms with Crippen LogP contribution in [0.15, 0.2) is 0 Å².